The molecular weight excluding hydrogens is 1330 g/mol. The van der Waals surface area contributed by atoms with Crippen molar-refractivity contribution in [3.8, 4) is 23.0 Å². The number of benzene rings is 8. The van der Waals surface area contributed by atoms with Gasteiger partial charge in [-0.05, 0) is 143 Å². The van der Waals surface area contributed by atoms with Crippen molar-refractivity contribution in [2.75, 3.05) is 42.0 Å². The molecule has 8 aromatic carbocycles. The quantitative estimate of drug-likeness (QED) is 0.0582. The summed E-state index contributed by atoms with van der Waals surface area (Å²) in [5.41, 5.74) is 7.98. The smallest absolute Gasteiger partial charge is 0.435 e. The minimum Gasteiger partial charge on any atom is -0.489 e. The fourth-order valence-corrected chi connectivity index (χ4v) is 9.98. The Bertz CT molecular complexity index is 4660. The van der Waals surface area contributed by atoms with Crippen LogP contribution >= 0.6 is 0 Å². The van der Waals surface area contributed by atoms with Gasteiger partial charge in [-0.3, -0.25) is 34.0 Å². The van der Waals surface area contributed by atoms with Crippen LogP contribution in [0.1, 0.15) is 121 Å². The number of carboxylic acids is 1. The van der Waals surface area contributed by atoms with Crippen molar-refractivity contribution in [3.05, 3.63) is 250 Å². The van der Waals surface area contributed by atoms with Crippen LogP contribution in [-0.4, -0.2) is 135 Å². The molecule has 0 bridgehead atoms. The van der Waals surface area contributed by atoms with Crippen molar-refractivity contribution in [1.29, 1.82) is 0 Å². The summed E-state index contributed by atoms with van der Waals surface area (Å²) in [7, 11) is 7.54. The minimum atomic E-state index is -0.996. The average Bonchev–Trinajstić information content (AvgIpc) is 1.63. The predicted molar refractivity (Wildman–Crippen MR) is 393 cm³/mol. The molecule has 0 unspecified atom stereocenters. The molecule has 24 heteroatoms. The molecule has 2 aliphatic rings. The van der Waals surface area contributed by atoms with Crippen LogP contribution in [0.4, 0.5) is 9.59 Å². The van der Waals surface area contributed by atoms with E-state index in [9.17, 15) is 28.8 Å². The fraction of sp³-hybridized carbons (Fsp3) is 0.275. The standard InChI is InChI=1S/C22H25N3O5.C21H22N2O4.C18H18N2O3.C16H13NO3.C3H8O/c1-22(2,3)30-21(27)25-18-12-11-16(29-14-15-9-7-6-8-10-15)13-17(18)19(23-25)20(26)24(4)28-5;1-14(24)19-17-12-16(26-13-15-8-6-5-7-9-15)10-11-18(17)23(22-19)20(25)27-21(2,3)4;1-20(22-2)18(21)17-16-10-15(9-8-14(16)11-19-17)23-12-13-6-4-3-5-7-13;18-16(19)15-14-8-13(7-6-12(14)9-17-15)20-10-11-4-2-1-3-5-11;1-3-4-2/h6-13H,14H2,1-5H3;5-12H,13H2,1-4H3;3-10H,11-12H2,1-2H3;1-8H,9-10H2,(H,18,19);3H2,1-2H3. The molecule has 0 aliphatic carbocycles. The first-order valence-electron chi connectivity index (χ1n) is 33.2. The number of aliphatic imine (C=N–C) groups is 2. The second kappa shape index (κ2) is 36.7. The molecule has 0 saturated heterocycles. The van der Waals surface area contributed by atoms with E-state index < -0.39 is 35.3 Å². The number of ether oxygens (including phenoxy) is 7. The summed E-state index contributed by atoms with van der Waals surface area (Å²) < 4.78 is 40.7. The summed E-state index contributed by atoms with van der Waals surface area (Å²) in [5.74, 6) is 0.531. The lowest BCUT2D eigenvalue weighted by Gasteiger charge is -2.19. The summed E-state index contributed by atoms with van der Waals surface area (Å²) in [6.45, 7) is 17.5. The highest BCUT2D eigenvalue weighted by molar-refractivity contribution is 6.46. The zero-order valence-corrected chi connectivity index (χ0v) is 60.6. The lowest BCUT2D eigenvalue weighted by molar-refractivity contribution is -0.160. The molecular formula is C80H86N8O16. The maximum atomic E-state index is 12.7. The zero-order chi connectivity index (χ0) is 75.1. The number of carbonyl (C=O) groups excluding carboxylic acids is 5. The number of carbonyl (C=O) groups is 6. The maximum Gasteiger partial charge on any atom is 0.435 e. The van der Waals surface area contributed by atoms with Gasteiger partial charge in [-0.1, -0.05) is 133 Å². The van der Waals surface area contributed by atoms with E-state index in [0.717, 1.165) is 65.7 Å². The minimum absolute atomic E-state index is 0.0605. The number of nitrogens with zero attached hydrogens (tertiary/aromatic N) is 8. The molecule has 10 aromatic rings. The number of likely N-dealkylation sites (N-methyl/N-ethyl adjacent to an activating group) is 1. The van der Waals surface area contributed by atoms with Gasteiger partial charge in [-0.15, -0.1) is 0 Å². The molecule has 2 amide bonds. The molecule has 0 atom stereocenters. The van der Waals surface area contributed by atoms with Gasteiger partial charge in [0.2, 0.25) is 0 Å². The summed E-state index contributed by atoms with van der Waals surface area (Å²) >= 11 is 0. The van der Waals surface area contributed by atoms with Gasteiger partial charge in [-0.2, -0.15) is 19.6 Å². The second-order valence-electron chi connectivity index (χ2n) is 25.3. The molecule has 1 N–H and O–H groups in total. The van der Waals surface area contributed by atoms with E-state index in [0.29, 0.717) is 89.8 Å². The highest BCUT2D eigenvalue weighted by atomic mass is 16.7. The topological polar surface area (TPSA) is 273 Å². The highest BCUT2D eigenvalue weighted by Gasteiger charge is 2.29. The van der Waals surface area contributed by atoms with Gasteiger partial charge >= 0.3 is 18.2 Å². The number of Topliss-reactive ketones (excluding diaryl/α,β-unsaturated/α-hetero) is 1. The van der Waals surface area contributed by atoms with E-state index in [1.54, 1.807) is 98.2 Å². The van der Waals surface area contributed by atoms with Crippen molar-refractivity contribution in [3.63, 3.8) is 0 Å². The van der Waals surface area contributed by atoms with E-state index >= 15 is 0 Å². The zero-order valence-electron chi connectivity index (χ0n) is 60.6. The number of hydrogen-bond donors (Lipinski definition) is 1. The number of amides is 2. The van der Waals surface area contributed by atoms with Crippen LogP contribution in [0.25, 0.3) is 21.8 Å². The van der Waals surface area contributed by atoms with Crippen molar-refractivity contribution >= 4 is 69.0 Å². The van der Waals surface area contributed by atoms with Crippen molar-refractivity contribution < 1.29 is 76.7 Å². The van der Waals surface area contributed by atoms with E-state index in [2.05, 4.69) is 24.9 Å². The molecule has 4 heterocycles. The third-order valence-electron chi connectivity index (χ3n) is 15.3. The molecule has 2 aliphatic heterocycles. The van der Waals surface area contributed by atoms with Gasteiger partial charge in [0.15, 0.2) is 17.2 Å². The third-order valence-corrected chi connectivity index (χ3v) is 15.3. The Balaban J connectivity index is 0.000000174. The number of hydrogen-bond acceptors (Lipinski definition) is 19. The normalized spacial score (nSPS) is 11.7. The highest BCUT2D eigenvalue weighted by Crippen LogP contribution is 2.31. The summed E-state index contributed by atoms with van der Waals surface area (Å²) in [4.78, 5) is 91.4. The number of fused-ring (bicyclic) bond motifs is 4. The number of aromatic nitrogens is 4. The predicted octanol–water partition coefficient (Wildman–Crippen LogP) is 14.5. The molecule has 24 nitrogen and oxygen atoms in total. The average molecular weight is 1420 g/mol. The Morgan fingerprint density at radius 1 is 0.452 bits per heavy atom. The lowest BCUT2D eigenvalue weighted by atomic mass is 10.0. The van der Waals surface area contributed by atoms with Gasteiger partial charge in [0.25, 0.3) is 11.8 Å². The van der Waals surface area contributed by atoms with Crippen molar-refractivity contribution in [2.24, 2.45) is 9.98 Å². The number of rotatable bonds is 19. The first-order valence-corrected chi connectivity index (χ1v) is 33.2. The summed E-state index contributed by atoms with van der Waals surface area (Å²) in [6.07, 6.45) is -1.30. The van der Waals surface area contributed by atoms with Crippen LogP contribution in [0, 0.1) is 0 Å². The van der Waals surface area contributed by atoms with Crippen LogP contribution in [-0.2, 0) is 73.0 Å². The van der Waals surface area contributed by atoms with E-state index in [4.69, 9.17) is 43.2 Å². The Labute approximate surface area is 603 Å². The van der Waals surface area contributed by atoms with Crippen LogP contribution in [0.15, 0.2) is 204 Å². The monoisotopic (exact) mass is 1410 g/mol. The molecule has 542 valence electrons. The van der Waals surface area contributed by atoms with Gasteiger partial charge < -0.3 is 38.3 Å². The second-order valence-corrected chi connectivity index (χ2v) is 25.3. The number of carboxylic acid groups (broad SMARTS) is 1. The maximum absolute atomic E-state index is 12.7. The van der Waals surface area contributed by atoms with Crippen molar-refractivity contribution in [1.82, 2.24) is 29.7 Å². The molecule has 0 fully saturated rings. The Hall–Kier alpha value is -11.9. The first kappa shape index (κ1) is 77.9. The van der Waals surface area contributed by atoms with E-state index in [-0.39, 0.29) is 28.8 Å². The van der Waals surface area contributed by atoms with E-state index in [1.165, 1.54) is 33.3 Å². The Kier molecular flexibility index (Phi) is 27.4. The van der Waals surface area contributed by atoms with Crippen LogP contribution in [0.2, 0.25) is 0 Å². The summed E-state index contributed by atoms with van der Waals surface area (Å²) in [6, 6.07) is 60.7. The van der Waals surface area contributed by atoms with Gasteiger partial charge in [0.1, 0.15) is 72.0 Å². The van der Waals surface area contributed by atoms with E-state index in [1.807, 2.05) is 159 Å². The van der Waals surface area contributed by atoms with Gasteiger partial charge in [0.05, 0.1) is 38.3 Å². The summed E-state index contributed by atoms with van der Waals surface area (Å²) in [5, 5.41) is 20.7. The Morgan fingerprint density at radius 3 is 1.12 bits per heavy atom. The van der Waals surface area contributed by atoms with Crippen LogP contribution in [0.3, 0.4) is 0 Å². The molecule has 12 rings (SSSR count). The van der Waals surface area contributed by atoms with Gasteiger partial charge in [0, 0.05) is 56.6 Å². The largest absolute Gasteiger partial charge is 0.489 e. The number of hydroxylamine groups is 4. The number of ketones is 1. The first-order chi connectivity index (χ1) is 49.8. The molecule has 2 aromatic heterocycles. The van der Waals surface area contributed by atoms with Crippen LogP contribution in [0.5, 0.6) is 23.0 Å². The molecule has 104 heavy (non-hydrogen) atoms. The van der Waals surface area contributed by atoms with Crippen molar-refractivity contribution in [2.45, 2.75) is 106 Å². The SMILES string of the molecule is CC(=O)c1nn(C(=O)OC(C)(C)C)c2ccc(OCc3ccccc3)cc12.CCOC.CON(C)C(=O)C1=NCc2ccc(OCc3ccccc3)cc21.CON(C)C(=O)c1nn(C(=O)OC(C)(C)C)c2ccc(OCc3ccccc3)cc12.O=C(O)C1=NCc2ccc(OCc3ccccc3)cc21. The van der Waals surface area contributed by atoms with Gasteiger partial charge in [-0.25, -0.2) is 24.5 Å². The Morgan fingerprint density at radius 2 is 0.779 bits per heavy atom. The van der Waals surface area contributed by atoms with Crippen LogP contribution < -0.4 is 18.9 Å². The molecule has 0 radical (unpaired) electrons. The third kappa shape index (κ3) is 21.8. The number of aliphatic carboxylic acids is 1. The molecule has 0 saturated carbocycles. The number of methoxy groups -OCH3 is 1. The molecule has 0 spiro atoms. The fourth-order valence-electron chi connectivity index (χ4n) is 9.98. The lowest BCUT2D eigenvalue weighted by Crippen LogP contribution is -2.32.